The second-order valence-electron chi connectivity index (χ2n) is 2.15. The average Bonchev–Trinajstić information content (AvgIpc) is 2.49. The van der Waals surface area contributed by atoms with E-state index in [4.69, 9.17) is 9.90 Å². The minimum atomic E-state index is -1.33. The molecule has 0 amide bonds. The summed E-state index contributed by atoms with van der Waals surface area (Å²) < 4.78 is 0. The minimum Gasteiger partial charge on any atom is -0.490 e. The van der Waals surface area contributed by atoms with Gasteiger partial charge in [-0.25, -0.2) is 0 Å². The Morgan fingerprint density at radius 3 is 2.08 bits per heavy atom. The first-order valence-electron chi connectivity index (χ1n) is 3.44. The van der Waals surface area contributed by atoms with Gasteiger partial charge in [-0.1, -0.05) is 12.1 Å². The van der Waals surface area contributed by atoms with Gasteiger partial charge in [-0.05, 0) is 12.1 Å². The van der Waals surface area contributed by atoms with Crippen LogP contribution in [-0.2, 0) is 0 Å². The number of nitrogens with zero attached hydrogens (tertiary/aromatic N) is 2. The third-order valence-corrected chi connectivity index (χ3v) is 1.22. The number of hydrogen-bond donors (Lipinski definition) is 2. The summed E-state index contributed by atoms with van der Waals surface area (Å²) in [5.41, 5.74) is 1.83. The number of carbonyl (C=O) groups is 1. The molecule has 2 rings (SSSR count). The van der Waals surface area contributed by atoms with E-state index in [1.54, 1.807) is 0 Å². The zero-order valence-electron chi connectivity index (χ0n) is 6.64. The van der Waals surface area contributed by atoms with Crippen LogP contribution in [0.25, 0.3) is 11.0 Å². The van der Waals surface area contributed by atoms with E-state index < -0.39 is 5.87 Å². The van der Waals surface area contributed by atoms with E-state index >= 15 is 0 Å². The van der Waals surface area contributed by atoms with Gasteiger partial charge < -0.3 is 5.11 Å². The van der Waals surface area contributed by atoms with Crippen molar-refractivity contribution in [2.45, 2.75) is 0 Å². The molecule has 0 fully saturated rings. The van der Waals surface area contributed by atoms with E-state index in [0.29, 0.717) is 0 Å². The van der Waals surface area contributed by atoms with E-state index in [1.165, 1.54) is 0 Å². The van der Waals surface area contributed by atoms with Crippen LogP contribution in [0.5, 0.6) is 0 Å². The first-order chi connectivity index (χ1) is 6.20. The van der Waals surface area contributed by atoms with Crippen LogP contribution >= 0.6 is 0 Å². The molecule has 0 bridgehead atoms. The first-order valence-corrected chi connectivity index (χ1v) is 3.44. The van der Waals surface area contributed by atoms with E-state index in [0.717, 1.165) is 11.0 Å². The van der Waals surface area contributed by atoms with Gasteiger partial charge in [0.15, 0.2) is 0 Å². The Labute approximate surface area is 75.2 Å². The van der Waals surface area contributed by atoms with Crippen molar-refractivity contribution >= 4 is 24.7 Å². The highest BCUT2D eigenvalue weighted by Gasteiger charge is 1.90. The van der Waals surface area contributed by atoms with Crippen LogP contribution in [0.1, 0.15) is 0 Å². The Morgan fingerprint density at radius 1 is 1.31 bits per heavy atom. The number of nitrogens with one attached hydrogen (secondary N) is 1. The van der Waals surface area contributed by atoms with Crippen LogP contribution in [0, 0.1) is 0 Å². The van der Waals surface area contributed by atoms with Crippen LogP contribution in [0.2, 0.25) is 0 Å². The number of benzene rings is 1. The van der Waals surface area contributed by atoms with Gasteiger partial charge in [-0.15, -0.1) is 0 Å². The van der Waals surface area contributed by atoms with Crippen LogP contribution < -0.4 is 0 Å². The average molecular weight is 175 g/mol. The van der Waals surface area contributed by atoms with Crippen LogP contribution in [-0.4, -0.2) is 34.2 Å². The molecule has 0 atom stereocenters. The third-order valence-electron chi connectivity index (χ3n) is 1.22. The molecule has 0 aliphatic heterocycles. The van der Waals surface area contributed by atoms with E-state index in [-0.39, 0.29) is 0 Å². The predicted octanol–water partition coefficient (Wildman–Crippen LogP) is 0.791. The quantitative estimate of drug-likeness (QED) is 0.580. The molecule has 1 aromatic heterocycles. The lowest BCUT2D eigenvalue weighted by molar-refractivity contribution is 0.220. The molecule has 0 unspecified atom stereocenters. The maximum atomic E-state index is 8.78. The smallest absolute Gasteiger partial charge is 0.233 e. The van der Waals surface area contributed by atoms with Crippen LogP contribution in [0.15, 0.2) is 24.3 Å². The number of H-pyrrole nitrogens is 1. The molecule has 0 aliphatic carbocycles. The lowest BCUT2D eigenvalue weighted by atomic mass is 10.2. The van der Waals surface area contributed by atoms with Crippen molar-refractivity contribution in [3.8, 4) is 0 Å². The second kappa shape index (κ2) is 4.25. The summed E-state index contributed by atoms with van der Waals surface area (Å²) in [6.45, 7) is 0. The molecule has 2 radical (unpaired) electrons. The third kappa shape index (κ3) is 2.94. The van der Waals surface area contributed by atoms with Gasteiger partial charge in [0.2, 0.25) is 13.7 Å². The lowest BCUT2D eigenvalue weighted by Gasteiger charge is -1.78. The summed E-state index contributed by atoms with van der Waals surface area (Å²) >= 11 is 0. The van der Waals surface area contributed by atoms with Gasteiger partial charge in [0.05, 0.1) is 0 Å². The van der Waals surface area contributed by atoms with Gasteiger partial charge in [0.25, 0.3) is 0 Å². The zero-order chi connectivity index (χ0) is 9.68. The van der Waals surface area contributed by atoms with Gasteiger partial charge in [0.1, 0.15) is 11.0 Å². The SMILES string of the molecule is [B]C(=O)O.c1ccc2n[nH]nc2c1. The molecule has 64 valence electrons. The fraction of sp³-hybridized carbons (Fsp3) is 0. The maximum absolute atomic E-state index is 8.78. The molecule has 2 aromatic rings. The van der Waals surface area contributed by atoms with Crippen LogP contribution in [0.3, 0.4) is 0 Å². The summed E-state index contributed by atoms with van der Waals surface area (Å²) in [5.74, 6) is -1.33. The molecule has 0 aliphatic rings. The van der Waals surface area contributed by atoms with Gasteiger partial charge in [-0.3, -0.25) is 4.79 Å². The van der Waals surface area contributed by atoms with Crippen molar-refractivity contribution in [2.24, 2.45) is 0 Å². The first kappa shape index (κ1) is 9.24. The summed E-state index contributed by atoms with van der Waals surface area (Å²) in [4.78, 5) is 8.78. The second-order valence-corrected chi connectivity index (χ2v) is 2.15. The molecular formula is C7H6BN3O2. The fourth-order valence-corrected chi connectivity index (χ4v) is 0.786. The van der Waals surface area contributed by atoms with Crippen molar-refractivity contribution in [3.63, 3.8) is 0 Å². The monoisotopic (exact) mass is 175 g/mol. The van der Waals surface area contributed by atoms with E-state index in [1.807, 2.05) is 24.3 Å². The highest BCUT2D eigenvalue weighted by Crippen LogP contribution is 2.03. The summed E-state index contributed by atoms with van der Waals surface area (Å²) in [5, 5.41) is 17.5. The Balaban J connectivity index is 0.000000184. The predicted molar refractivity (Wildman–Crippen MR) is 47.7 cm³/mol. The number of carboxylic acid groups (broad SMARTS) is 1. The standard InChI is InChI=1S/C6H5N3.CHBO2/c1-2-4-6-5(3-1)7-9-8-6;2-1(3)4/h1-4H,(H,7,8,9);(H,3,4). The summed E-state index contributed by atoms with van der Waals surface area (Å²) in [6.07, 6.45) is 0. The minimum absolute atomic E-state index is 0.914. The number of fused-ring (bicyclic) bond motifs is 1. The maximum Gasteiger partial charge on any atom is 0.233 e. The lowest BCUT2D eigenvalue weighted by Crippen LogP contribution is -1.83. The fourth-order valence-electron chi connectivity index (χ4n) is 0.786. The Morgan fingerprint density at radius 2 is 1.69 bits per heavy atom. The molecule has 0 saturated heterocycles. The highest BCUT2D eigenvalue weighted by atomic mass is 16.4. The molecule has 0 saturated carbocycles. The van der Waals surface area contributed by atoms with Gasteiger partial charge in [-0.2, -0.15) is 15.4 Å². The number of aromatic amines is 1. The van der Waals surface area contributed by atoms with Crippen molar-refractivity contribution in [1.82, 2.24) is 15.4 Å². The van der Waals surface area contributed by atoms with Gasteiger partial charge in [0, 0.05) is 0 Å². The zero-order valence-corrected chi connectivity index (χ0v) is 6.64. The summed E-state index contributed by atoms with van der Waals surface area (Å²) in [6, 6.07) is 7.70. The molecule has 1 heterocycles. The molecule has 2 N–H and O–H groups in total. The van der Waals surface area contributed by atoms with Crippen molar-refractivity contribution in [2.75, 3.05) is 0 Å². The number of hydrogen-bond acceptors (Lipinski definition) is 3. The Bertz CT molecular complexity index is 367. The number of aromatic nitrogens is 3. The van der Waals surface area contributed by atoms with Crippen LogP contribution in [0.4, 0.5) is 4.79 Å². The molecular weight excluding hydrogens is 169 g/mol. The van der Waals surface area contributed by atoms with Crippen molar-refractivity contribution < 1.29 is 9.90 Å². The van der Waals surface area contributed by atoms with Crippen molar-refractivity contribution in [3.05, 3.63) is 24.3 Å². The molecule has 1 aromatic carbocycles. The Kier molecular flexibility index (Phi) is 3.02. The Hall–Kier alpha value is -1.85. The molecule has 13 heavy (non-hydrogen) atoms. The number of para-hydroxylation sites is 2. The number of rotatable bonds is 0. The topological polar surface area (TPSA) is 78.9 Å². The van der Waals surface area contributed by atoms with Crippen molar-refractivity contribution in [1.29, 1.82) is 0 Å². The molecule has 5 nitrogen and oxygen atoms in total. The highest BCUT2D eigenvalue weighted by molar-refractivity contribution is 6.54. The largest absolute Gasteiger partial charge is 0.490 e. The molecule has 6 heteroatoms. The summed E-state index contributed by atoms with van der Waals surface area (Å²) in [7, 11) is 4.03. The van der Waals surface area contributed by atoms with E-state index in [9.17, 15) is 0 Å². The van der Waals surface area contributed by atoms with E-state index in [2.05, 4.69) is 23.3 Å². The molecule has 0 spiro atoms. The van der Waals surface area contributed by atoms with Gasteiger partial charge >= 0.3 is 0 Å². The normalized spacial score (nSPS) is 8.92.